The third-order valence-electron chi connectivity index (χ3n) is 5.74. The van der Waals surface area contributed by atoms with Crippen LogP contribution in [0.3, 0.4) is 0 Å². The van der Waals surface area contributed by atoms with Crippen LogP contribution >= 0.6 is 11.3 Å². The molecule has 0 aliphatic carbocycles. The Labute approximate surface area is 181 Å². The van der Waals surface area contributed by atoms with Crippen LogP contribution in [0, 0.1) is 6.92 Å². The van der Waals surface area contributed by atoms with Gasteiger partial charge in [-0.3, -0.25) is 14.5 Å². The summed E-state index contributed by atoms with van der Waals surface area (Å²) in [5, 5.41) is 4.19. The second-order valence-electron chi connectivity index (χ2n) is 7.68. The van der Waals surface area contributed by atoms with E-state index in [0.717, 1.165) is 38.2 Å². The Morgan fingerprint density at radius 3 is 2.43 bits per heavy atom. The van der Waals surface area contributed by atoms with Gasteiger partial charge in [0.15, 0.2) is 0 Å². The minimum atomic E-state index is -0.00368. The summed E-state index contributed by atoms with van der Waals surface area (Å²) in [6, 6.07) is 16.1. The number of benzene rings is 2. The second-order valence-corrected chi connectivity index (χ2v) is 8.73. The van der Waals surface area contributed by atoms with Crippen LogP contribution < -0.4 is 5.32 Å². The van der Waals surface area contributed by atoms with Crippen molar-refractivity contribution in [1.29, 1.82) is 0 Å². The van der Waals surface area contributed by atoms with Gasteiger partial charge in [0, 0.05) is 36.6 Å². The average Bonchev–Trinajstić information content (AvgIpc) is 3.11. The van der Waals surface area contributed by atoms with E-state index in [1.807, 2.05) is 48.2 Å². The van der Waals surface area contributed by atoms with Crippen LogP contribution in [0.1, 0.15) is 27.7 Å². The number of carbonyl (C=O) groups is 2. The summed E-state index contributed by atoms with van der Waals surface area (Å²) in [5.41, 5.74) is 3.09. The summed E-state index contributed by atoms with van der Waals surface area (Å²) >= 11 is 1.57. The van der Waals surface area contributed by atoms with Crippen molar-refractivity contribution in [3.8, 4) is 0 Å². The molecule has 1 N–H and O–H groups in total. The molecule has 0 bridgehead atoms. The number of aryl methyl sites for hydroxylation is 2. The molecule has 1 fully saturated rings. The van der Waals surface area contributed by atoms with Crippen LogP contribution in [-0.2, 0) is 11.2 Å². The Hall–Kier alpha value is -2.70. The van der Waals surface area contributed by atoms with Crippen LogP contribution in [-0.4, -0.2) is 54.3 Å². The molecule has 1 aliphatic heterocycles. The van der Waals surface area contributed by atoms with Gasteiger partial charge in [-0.2, -0.15) is 0 Å². The Morgan fingerprint density at radius 2 is 1.70 bits per heavy atom. The first-order chi connectivity index (χ1) is 14.6. The molecule has 2 amide bonds. The molecule has 2 aromatic carbocycles. The zero-order chi connectivity index (χ0) is 21.1. The first-order valence-corrected chi connectivity index (χ1v) is 11.3. The number of nitrogens with zero attached hydrogens (tertiary/aromatic N) is 2. The second kappa shape index (κ2) is 8.98. The largest absolute Gasteiger partial charge is 0.335 e. The third kappa shape index (κ3) is 4.25. The van der Waals surface area contributed by atoms with Gasteiger partial charge < -0.3 is 10.2 Å². The van der Waals surface area contributed by atoms with E-state index in [1.165, 1.54) is 0 Å². The van der Waals surface area contributed by atoms with Gasteiger partial charge in [0.2, 0.25) is 5.91 Å². The van der Waals surface area contributed by atoms with Crippen molar-refractivity contribution in [2.75, 3.05) is 38.0 Å². The van der Waals surface area contributed by atoms with Gasteiger partial charge in [0.1, 0.15) is 0 Å². The predicted octanol–water partition coefficient (Wildman–Crippen LogP) is 4.17. The summed E-state index contributed by atoms with van der Waals surface area (Å²) in [6.07, 6.45) is 0.883. The quantitative estimate of drug-likeness (QED) is 0.673. The minimum Gasteiger partial charge on any atom is -0.335 e. The van der Waals surface area contributed by atoms with Crippen molar-refractivity contribution in [3.05, 3.63) is 64.5 Å². The summed E-state index contributed by atoms with van der Waals surface area (Å²) in [7, 11) is 0. The molecular weight excluding hydrogens is 394 g/mol. The van der Waals surface area contributed by atoms with Crippen molar-refractivity contribution in [3.63, 3.8) is 0 Å². The van der Waals surface area contributed by atoms with Crippen molar-refractivity contribution in [1.82, 2.24) is 9.80 Å². The zero-order valence-electron chi connectivity index (χ0n) is 17.5. The molecule has 0 saturated carbocycles. The maximum atomic E-state index is 13.1. The highest BCUT2D eigenvalue weighted by atomic mass is 32.1. The fourth-order valence-corrected chi connectivity index (χ4v) is 5.15. The summed E-state index contributed by atoms with van der Waals surface area (Å²) in [4.78, 5) is 30.4. The molecule has 30 heavy (non-hydrogen) atoms. The average molecular weight is 422 g/mol. The fraction of sp³-hybridized carbons (Fsp3) is 0.333. The van der Waals surface area contributed by atoms with E-state index in [1.54, 1.807) is 11.3 Å². The van der Waals surface area contributed by atoms with Crippen molar-refractivity contribution >= 4 is 38.9 Å². The standard InChI is InChI=1S/C24H27N3O2S/c1-3-18-8-4-6-10-20(18)25-22(28)16-26-12-14-27(15-13-26)24(29)23-17(2)19-9-5-7-11-21(19)30-23/h4-11H,3,12-16H2,1-2H3,(H,25,28). The number of hydrogen-bond donors (Lipinski definition) is 1. The number of para-hydroxylation sites is 1. The lowest BCUT2D eigenvalue weighted by molar-refractivity contribution is -0.117. The van der Waals surface area contributed by atoms with Gasteiger partial charge in [0.05, 0.1) is 11.4 Å². The Balaban J connectivity index is 1.34. The smallest absolute Gasteiger partial charge is 0.264 e. The monoisotopic (exact) mass is 421 g/mol. The molecule has 0 unspecified atom stereocenters. The lowest BCUT2D eigenvalue weighted by atomic mass is 10.1. The maximum Gasteiger partial charge on any atom is 0.264 e. The molecule has 1 aromatic heterocycles. The number of nitrogens with one attached hydrogen (secondary N) is 1. The number of thiophene rings is 1. The van der Waals surface area contributed by atoms with E-state index in [0.29, 0.717) is 32.7 Å². The van der Waals surface area contributed by atoms with Gasteiger partial charge >= 0.3 is 0 Å². The number of hydrogen-bond acceptors (Lipinski definition) is 4. The molecule has 2 heterocycles. The molecular formula is C24H27N3O2S. The van der Waals surface area contributed by atoms with Crippen LogP contribution in [0.5, 0.6) is 0 Å². The number of piperazine rings is 1. The number of amides is 2. The Bertz CT molecular complexity index is 1070. The van der Waals surface area contributed by atoms with Crippen LogP contribution in [0.2, 0.25) is 0 Å². The van der Waals surface area contributed by atoms with Crippen molar-refractivity contribution in [2.24, 2.45) is 0 Å². The maximum absolute atomic E-state index is 13.1. The molecule has 6 heteroatoms. The van der Waals surface area contributed by atoms with E-state index < -0.39 is 0 Å². The molecule has 1 aliphatic rings. The molecule has 0 spiro atoms. The van der Waals surface area contributed by atoms with E-state index in [9.17, 15) is 9.59 Å². The molecule has 156 valence electrons. The number of anilines is 1. The van der Waals surface area contributed by atoms with Gasteiger partial charge in [-0.1, -0.05) is 43.3 Å². The lowest BCUT2D eigenvalue weighted by Gasteiger charge is -2.34. The van der Waals surface area contributed by atoms with E-state index in [4.69, 9.17) is 0 Å². The highest BCUT2D eigenvalue weighted by Crippen LogP contribution is 2.31. The number of carbonyl (C=O) groups excluding carboxylic acids is 2. The minimum absolute atomic E-state index is 0.00368. The Morgan fingerprint density at radius 1 is 1.00 bits per heavy atom. The van der Waals surface area contributed by atoms with E-state index >= 15 is 0 Å². The first kappa shape index (κ1) is 20.6. The molecule has 0 radical (unpaired) electrons. The van der Waals surface area contributed by atoms with Crippen LogP contribution in [0.25, 0.3) is 10.1 Å². The highest BCUT2D eigenvalue weighted by molar-refractivity contribution is 7.21. The van der Waals surface area contributed by atoms with Crippen molar-refractivity contribution < 1.29 is 9.59 Å². The molecule has 0 atom stereocenters. The van der Waals surface area contributed by atoms with Crippen molar-refractivity contribution in [2.45, 2.75) is 20.3 Å². The zero-order valence-corrected chi connectivity index (χ0v) is 18.3. The molecule has 5 nitrogen and oxygen atoms in total. The summed E-state index contributed by atoms with van der Waals surface area (Å²) in [5.74, 6) is 0.103. The third-order valence-corrected chi connectivity index (χ3v) is 7.00. The summed E-state index contributed by atoms with van der Waals surface area (Å²) in [6.45, 7) is 7.16. The summed E-state index contributed by atoms with van der Waals surface area (Å²) < 4.78 is 1.15. The van der Waals surface area contributed by atoms with Gasteiger partial charge in [-0.05, 0) is 42.0 Å². The van der Waals surface area contributed by atoms with Gasteiger partial charge in [0.25, 0.3) is 5.91 Å². The Kier molecular flexibility index (Phi) is 6.16. The fourth-order valence-electron chi connectivity index (χ4n) is 3.97. The molecule has 4 rings (SSSR count). The van der Waals surface area contributed by atoms with E-state index in [-0.39, 0.29) is 11.8 Å². The molecule has 3 aromatic rings. The van der Waals surface area contributed by atoms with Crippen LogP contribution in [0.15, 0.2) is 48.5 Å². The van der Waals surface area contributed by atoms with Gasteiger partial charge in [-0.25, -0.2) is 0 Å². The molecule has 1 saturated heterocycles. The van der Waals surface area contributed by atoms with Crippen LogP contribution in [0.4, 0.5) is 5.69 Å². The van der Waals surface area contributed by atoms with E-state index in [2.05, 4.69) is 29.3 Å². The SMILES string of the molecule is CCc1ccccc1NC(=O)CN1CCN(C(=O)c2sc3ccccc3c2C)CC1. The lowest BCUT2D eigenvalue weighted by Crippen LogP contribution is -2.50. The number of fused-ring (bicyclic) bond motifs is 1. The normalized spacial score (nSPS) is 14.8. The first-order valence-electron chi connectivity index (χ1n) is 10.4. The number of rotatable bonds is 5. The topological polar surface area (TPSA) is 52.7 Å². The predicted molar refractivity (Wildman–Crippen MR) is 123 cm³/mol. The highest BCUT2D eigenvalue weighted by Gasteiger charge is 2.26. The van der Waals surface area contributed by atoms with Gasteiger partial charge in [-0.15, -0.1) is 11.3 Å².